The molecule has 2 amide bonds. The van der Waals surface area contributed by atoms with E-state index in [4.69, 9.17) is 10.5 Å². The predicted octanol–water partition coefficient (Wildman–Crippen LogP) is 1.51. The van der Waals surface area contributed by atoms with Gasteiger partial charge in [0, 0.05) is 17.5 Å². The first-order valence-electron chi connectivity index (χ1n) is 8.23. The van der Waals surface area contributed by atoms with E-state index in [2.05, 4.69) is 5.32 Å². The number of hydrogen-bond donors (Lipinski definition) is 2. The standard InChI is InChI=1S/C19H20N2O6S/c1-12(18(23)21-16-8-6-14(7-9-16)17(20)22)27-19(24)15-5-3-4-13(10-15)11-28(2,25)26/h3-10,12H,11H2,1-2H3,(H2,20,22)(H,21,23)/t12-/m0/s1. The SMILES string of the molecule is C[C@H](OC(=O)c1cccc(CS(C)(=O)=O)c1)C(=O)Nc1ccc(C(N)=O)cc1. The molecule has 3 N–H and O–H groups in total. The Bertz CT molecular complexity index is 999. The zero-order valence-corrected chi connectivity index (χ0v) is 16.2. The number of esters is 1. The Morgan fingerprint density at radius 3 is 2.29 bits per heavy atom. The van der Waals surface area contributed by atoms with Gasteiger partial charge in [0.1, 0.15) is 0 Å². The summed E-state index contributed by atoms with van der Waals surface area (Å²) in [7, 11) is -3.24. The summed E-state index contributed by atoms with van der Waals surface area (Å²) in [5.74, 6) is -2.10. The predicted molar refractivity (Wildman–Crippen MR) is 103 cm³/mol. The number of carbonyl (C=O) groups is 3. The van der Waals surface area contributed by atoms with E-state index in [0.29, 0.717) is 16.8 Å². The van der Waals surface area contributed by atoms with Crippen LogP contribution in [0.4, 0.5) is 5.69 Å². The van der Waals surface area contributed by atoms with Crippen LogP contribution in [0.3, 0.4) is 0 Å². The van der Waals surface area contributed by atoms with Crippen molar-refractivity contribution in [1.29, 1.82) is 0 Å². The Kier molecular flexibility index (Phi) is 6.53. The van der Waals surface area contributed by atoms with Crippen molar-refractivity contribution < 1.29 is 27.5 Å². The Hall–Kier alpha value is -3.20. The number of hydrogen-bond acceptors (Lipinski definition) is 6. The minimum absolute atomic E-state index is 0.145. The summed E-state index contributed by atoms with van der Waals surface area (Å²) in [6.45, 7) is 1.41. The van der Waals surface area contributed by atoms with Crippen molar-refractivity contribution in [1.82, 2.24) is 0 Å². The highest BCUT2D eigenvalue weighted by Gasteiger charge is 2.19. The van der Waals surface area contributed by atoms with Gasteiger partial charge in [-0.2, -0.15) is 0 Å². The van der Waals surface area contributed by atoms with Gasteiger partial charge in [0.2, 0.25) is 5.91 Å². The van der Waals surface area contributed by atoms with Gasteiger partial charge in [-0.25, -0.2) is 13.2 Å². The molecule has 28 heavy (non-hydrogen) atoms. The first-order valence-corrected chi connectivity index (χ1v) is 10.3. The van der Waals surface area contributed by atoms with Gasteiger partial charge >= 0.3 is 5.97 Å². The maximum Gasteiger partial charge on any atom is 0.338 e. The molecule has 2 rings (SSSR count). The molecule has 0 heterocycles. The molecule has 0 spiro atoms. The van der Waals surface area contributed by atoms with Crippen molar-refractivity contribution in [2.45, 2.75) is 18.8 Å². The molecule has 9 heteroatoms. The molecular weight excluding hydrogens is 384 g/mol. The number of anilines is 1. The van der Waals surface area contributed by atoms with Crippen molar-refractivity contribution in [3.63, 3.8) is 0 Å². The normalized spacial score (nSPS) is 12.1. The molecule has 148 valence electrons. The number of benzene rings is 2. The van der Waals surface area contributed by atoms with Crippen LogP contribution >= 0.6 is 0 Å². The van der Waals surface area contributed by atoms with Crippen molar-refractivity contribution >= 4 is 33.3 Å². The lowest BCUT2D eigenvalue weighted by atomic mass is 10.1. The zero-order chi connectivity index (χ0) is 20.9. The van der Waals surface area contributed by atoms with Crippen LogP contribution < -0.4 is 11.1 Å². The maximum absolute atomic E-state index is 12.2. The van der Waals surface area contributed by atoms with Crippen molar-refractivity contribution in [3.05, 3.63) is 65.2 Å². The van der Waals surface area contributed by atoms with Crippen LogP contribution in [-0.4, -0.2) is 38.6 Å². The first kappa shape index (κ1) is 21.1. The molecule has 0 saturated carbocycles. The number of sulfone groups is 1. The van der Waals surface area contributed by atoms with Crippen LogP contribution in [0.25, 0.3) is 0 Å². The van der Waals surface area contributed by atoms with Crippen LogP contribution in [0.5, 0.6) is 0 Å². The van der Waals surface area contributed by atoms with Gasteiger partial charge in [0.15, 0.2) is 15.9 Å². The number of carbonyl (C=O) groups excluding carboxylic acids is 3. The summed E-state index contributed by atoms with van der Waals surface area (Å²) < 4.78 is 27.9. The average molecular weight is 404 g/mol. The Labute approximate surface area is 162 Å². The van der Waals surface area contributed by atoms with Crippen LogP contribution in [0, 0.1) is 0 Å². The third-order valence-electron chi connectivity index (χ3n) is 3.68. The fraction of sp³-hybridized carbons (Fsp3) is 0.211. The van der Waals surface area contributed by atoms with Crippen LogP contribution in [0.2, 0.25) is 0 Å². The first-order chi connectivity index (χ1) is 13.0. The van der Waals surface area contributed by atoms with Crippen LogP contribution in [-0.2, 0) is 25.1 Å². The van der Waals surface area contributed by atoms with Crippen LogP contribution in [0.1, 0.15) is 33.2 Å². The molecule has 0 radical (unpaired) electrons. The van der Waals surface area contributed by atoms with E-state index in [1.54, 1.807) is 12.1 Å². The molecule has 1 atom stereocenters. The van der Waals surface area contributed by atoms with E-state index in [-0.39, 0.29) is 11.3 Å². The van der Waals surface area contributed by atoms with E-state index in [1.165, 1.54) is 43.3 Å². The van der Waals surface area contributed by atoms with Gasteiger partial charge in [-0.1, -0.05) is 12.1 Å². The van der Waals surface area contributed by atoms with Gasteiger partial charge in [-0.15, -0.1) is 0 Å². The Balaban J connectivity index is 2.00. The average Bonchev–Trinajstić information content (AvgIpc) is 2.60. The molecule has 0 bridgehead atoms. The molecule has 2 aromatic carbocycles. The van der Waals surface area contributed by atoms with Crippen LogP contribution in [0.15, 0.2) is 48.5 Å². The fourth-order valence-corrected chi connectivity index (χ4v) is 3.12. The summed E-state index contributed by atoms with van der Waals surface area (Å²) in [5, 5.41) is 2.56. The smallest absolute Gasteiger partial charge is 0.338 e. The second-order valence-corrected chi connectivity index (χ2v) is 8.39. The number of amides is 2. The molecular formula is C19H20N2O6S. The van der Waals surface area contributed by atoms with E-state index >= 15 is 0 Å². The van der Waals surface area contributed by atoms with Crippen molar-refractivity contribution in [2.75, 3.05) is 11.6 Å². The summed E-state index contributed by atoms with van der Waals surface area (Å²) in [6.07, 6.45) is 0.00212. The molecule has 0 aliphatic carbocycles. The number of primary amides is 1. The van der Waals surface area contributed by atoms with E-state index in [9.17, 15) is 22.8 Å². The summed E-state index contributed by atoms with van der Waals surface area (Å²) >= 11 is 0. The monoisotopic (exact) mass is 404 g/mol. The Morgan fingerprint density at radius 2 is 1.71 bits per heavy atom. The van der Waals surface area contributed by atoms with Gasteiger partial charge < -0.3 is 15.8 Å². The molecule has 0 unspecified atom stereocenters. The highest BCUT2D eigenvalue weighted by atomic mass is 32.2. The maximum atomic E-state index is 12.2. The van der Waals surface area contributed by atoms with Gasteiger partial charge in [0.05, 0.1) is 11.3 Å². The number of nitrogens with two attached hydrogens (primary N) is 1. The Morgan fingerprint density at radius 1 is 1.07 bits per heavy atom. The minimum Gasteiger partial charge on any atom is -0.449 e. The van der Waals surface area contributed by atoms with E-state index in [1.807, 2.05) is 0 Å². The summed E-state index contributed by atoms with van der Waals surface area (Å²) in [5.41, 5.74) is 6.45. The van der Waals surface area contributed by atoms with Gasteiger partial charge in [-0.05, 0) is 48.9 Å². The zero-order valence-electron chi connectivity index (χ0n) is 15.3. The highest BCUT2D eigenvalue weighted by molar-refractivity contribution is 7.89. The highest BCUT2D eigenvalue weighted by Crippen LogP contribution is 2.13. The molecule has 0 aromatic heterocycles. The fourth-order valence-electron chi connectivity index (χ4n) is 2.33. The lowest BCUT2D eigenvalue weighted by molar-refractivity contribution is -0.123. The third kappa shape index (κ3) is 6.20. The number of rotatable bonds is 7. The van der Waals surface area contributed by atoms with Gasteiger partial charge in [-0.3, -0.25) is 9.59 Å². The third-order valence-corrected chi connectivity index (χ3v) is 4.54. The van der Waals surface area contributed by atoms with Gasteiger partial charge in [0.25, 0.3) is 5.91 Å². The largest absolute Gasteiger partial charge is 0.449 e. The van der Waals surface area contributed by atoms with Crippen molar-refractivity contribution in [2.24, 2.45) is 5.73 Å². The molecule has 0 saturated heterocycles. The number of nitrogens with one attached hydrogen (secondary N) is 1. The van der Waals surface area contributed by atoms with E-state index in [0.717, 1.165) is 6.26 Å². The number of ether oxygens (including phenoxy) is 1. The van der Waals surface area contributed by atoms with E-state index < -0.39 is 33.7 Å². The lowest BCUT2D eigenvalue weighted by Crippen LogP contribution is -2.30. The quantitative estimate of drug-likeness (QED) is 0.672. The van der Waals surface area contributed by atoms with Crippen molar-refractivity contribution in [3.8, 4) is 0 Å². The molecule has 2 aromatic rings. The second-order valence-electron chi connectivity index (χ2n) is 6.25. The molecule has 0 aliphatic heterocycles. The molecule has 8 nitrogen and oxygen atoms in total. The summed E-state index contributed by atoms with van der Waals surface area (Å²) in [6, 6.07) is 11.9. The second kappa shape index (κ2) is 8.66. The molecule has 0 fully saturated rings. The topological polar surface area (TPSA) is 133 Å². The lowest BCUT2D eigenvalue weighted by Gasteiger charge is -2.14. The molecule has 0 aliphatic rings. The minimum atomic E-state index is -3.24. The summed E-state index contributed by atoms with van der Waals surface area (Å²) in [4.78, 5) is 35.5.